The average molecular weight is 807 g/mol. The van der Waals surface area contributed by atoms with Gasteiger partial charge in [0.25, 0.3) is 0 Å². The molecule has 2 N–H and O–H groups in total. The van der Waals surface area contributed by atoms with Gasteiger partial charge < -0.3 is 29.9 Å². The van der Waals surface area contributed by atoms with Crippen LogP contribution >= 0.6 is 11.6 Å². The summed E-state index contributed by atoms with van der Waals surface area (Å²) in [6.45, 7) is 16.9. The topological polar surface area (TPSA) is 83.1 Å². The number of amides is 2. The number of methoxy groups -OCH3 is 1. The largest absolute Gasteiger partial charge is 0.573 e. The Morgan fingerprint density at radius 3 is 1.58 bits per heavy atom. The SMILES string of the molecule is CC(C)(C)CC(=O)Nc1c(Cl)cc(N2CCc3ccccc3C2)cc1OC(F)(F)F.COc1cc(N2CCc3ccccc3C2)cc(C)c1NC(=O)CC(C)(C)C. The lowest BCUT2D eigenvalue weighted by Gasteiger charge is -2.31. The van der Waals surface area contributed by atoms with Gasteiger partial charge in [-0.1, -0.05) is 102 Å². The third kappa shape index (κ3) is 12.3. The third-order valence-corrected chi connectivity index (χ3v) is 9.97. The minimum Gasteiger partial charge on any atom is -0.494 e. The highest BCUT2D eigenvalue weighted by molar-refractivity contribution is 6.34. The molecule has 2 heterocycles. The molecule has 0 saturated carbocycles. The zero-order valence-electron chi connectivity index (χ0n) is 34.1. The van der Waals surface area contributed by atoms with E-state index in [4.69, 9.17) is 16.3 Å². The molecule has 0 bridgehead atoms. The van der Waals surface area contributed by atoms with Crippen LogP contribution in [0.25, 0.3) is 0 Å². The summed E-state index contributed by atoms with van der Waals surface area (Å²) in [5, 5.41) is 5.53. The number of carbonyl (C=O) groups is 2. The molecule has 2 aliphatic heterocycles. The van der Waals surface area contributed by atoms with Gasteiger partial charge in [0.1, 0.15) is 11.4 Å². The van der Waals surface area contributed by atoms with Crippen LogP contribution in [-0.2, 0) is 35.5 Å². The molecule has 4 aromatic carbocycles. The van der Waals surface area contributed by atoms with Gasteiger partial charge >= 0.3 is 6.36 Å². The molecule has 57 heavy (non-hydrogen) atoms. The number of ether oxygens (including phenoxy) is 2. The number of hydrogen-bond acceptors (Lipinski definition) is 6. The van der Waals surface area contributed by atoms with E-state index >= 15 is 0 Å². The predicted octanol–water partition coefficient (Wildman–Crippen LogP) is 11.1. The zero-order valence-corrected chi connectivity index (χ0v) is 34.9. The van der Waals surface area contributed by atoms with E-state index < -0.39 is 18.0 Å². The van der Waals surface area contributed by atoms with E-state index in [1.54, 1.807) is 13.2 Å². The smallest absolute Gasteiger partial charge is 0.494 e. The van der Waals surface area contributed by atoms with E-state index in [1.807, 2.05) is 62.9 Å². The molecular weight excluding hydrogens is 753 g/mol. The maximum absolute atomic E-state index is 13.0. The van der Waals surface area contributed by atoms with Crippen LogP contribution in [0.1, 0.15) is 82.2 Å². The molecule has 0 atom stereocenters. The highest BCUT2D eigenvalue weighted by Gasteiger charge is 2.34. The Labute approximate surface area is 339 Å². The van der Waals surface area contributed by atoms with Crippen molar-refractivity contribution >= 4 is 46.2 Å². The van der Waals surface area contributed by atoms with Crippen LogP contribution in [0.4, 0.5) is 35.9 Å². The highest BCUT2D eigenvalue weighted by Crippen LogP contribution is 2.42. The molecule has 0 fully saturated rings. The summed E-state index contributed by atoms with van der Waals surface area (Å²) in [6, 6.07) is 23.6. The predicted molar refractivity (Wildman–Crippen MR) is 224 cm³/mol. The van der Waals surface area contributed by atoms with E-state index in [1.165, 1.54) is 22.8 Å². The van der Waals surface area contributed by atoms with E-state index in [-0.39, 0.29) is 33.9 Å². The van der Waals surface area contributed by atoms with Gasteiger partial charge in [0, 0.05) is 62.5 Å². The number of hydrogen-bond donors (Lipinski definition) is 2. The van der Waals surface area contributed by atoms with Gasteiger partial charge in [-0.3, -0.25) is 9.59 Å². The molecular formula is C45H54ClF3N4O4. The number of aryl methyl sites for hydroxylation is 1. The number of anilines is 4. The first-order chi connectivity index (χ1) is 26.7. The molecule has 0 radical (unpaired) electrons. The average Bonchev–Trinajstić information content (AvgIpc) is 3.11. The standard InChI is InChI=1S/C23H30N2O2.C22H24ClF3N2O2/c1-16-12-19(25-11-10-17-8-6-7-9-18(17)15-25)13-20(27-5)22(16)24-21(26)14-23(2,3)4;1-21(2,3)12-19(29)27-20-17(23)10-16(11-18(20)30-22(24,25)26)28-9-8-14-6-4-5-7-15(14)13-28/h6-9,12-13H,10-11,14-15H2,1-5H3,(H,24,26);4-7,10-11H,8-9,12-13H2,1-3H3,(H,27,29). The second kappa shape index (κ2) is 17.7. The Hall–Kier alpha value is -4.90. The molecule has 6 rings (SSSR count). The first kappa shape index (κ1) is 43.2. The highest BCUT2D eigenvalue weighted by atomic mass is 35.5. The van der Waals surface area contributed by atoms with Crippen molar-refractivity contribution in [3.05, 3.63) is 106 Å². The lowest BCUT2D eigenvalue weighted by atomic mass is 9.92. The molecule has 306 valence electrons. The summed E-state index contributed by atoms with van der Waals surface area (Å²) in [4.78, 5) is 29.0. The van der Waals surface area contributed by atoms with Crippen LogP contribution in [0.5, 0.6) is 11.5 Å². The maximum Gasteiger partial charge on any atom is 0.573 e. The van der Waals surface area contributed by atoms with Crippen LogP contribution in [0.2, 0.25) is 5.02 Å². The van der Waals surface area contributed by atoms with Crippen LogP contribution in [-0.4, -0.2) is 38.4 Å². The fraction of sp³-hybridized carbons (Fsp3) is 0.422. The van der Waals surface area contributed by atoms with Crippen molar-refractivity contribution in [2.24, 2.45) is 10.8 Å². The van der Waals surface area contributed by atoms with Crippen molar-refractivity contribution in [1.29, 1.82) is 0 Å². The van der Waals surface area contributed by atoms with Gasteiger partial charge in [0.05, 0.1) is 17.8 Å². The van der Waals surface area contributed by atoms with Crippen LogP contribution in [0.3, 0.4) is 0 Å². The molecule has 0 aromatic heterocycles. The normalized spacial score (nSPS) is 14.1. The maximum atomic E-state index is 13.0. The molecule has 0 spiro atoms. The molecule has 8 nitrogen and oxygen atoms in total. The number of nitrogens with one attached hydrogen (secondary N) is 2. The van der Waals surface area contributed by atoms with E-state index in [2.05, 4.69) is 71.4 Å². The zero-order chi connectivity index (χ0) is 41.7. The number of benzene rings is 4. The fourth-order valence-electron chi connectivity index (χ4n) is 7.08. The number of halogens is 4. The van der Waals surface area contributed by atoms with Crippen molar-refractivity contribution in [2.75, 3.05) is 40.6 Å². The van der Waals surface area contributed by atoms with Gasteiger partial charge in [-0.25, -0.2) is 0 Å². The van der Waals surface area contributed by atoms with Crippen LogP contribution in [0, 0.1) is 17.8 Å². The number of nitrogens with zero attached hydrogens (tertiary/aromatic N) is 2. The summed E-state index contributed by atoms with van der Waals surface area (Å²) < 4.78 is 49.0. The Kier molecular flexibility index (Phi) is 13.4. The molecule has 2 amide bonds. The monoisotopic (exact) mass is 806 g/mol. The Morgan fingerprint density at radius 2 is 1.12 bits per heavy atom. The minimum absolute atomic E-state index is 0.00660. The fourth-order valence-corrected chi connectivity index (χ4v) is 7.33. The summed E-state index contributed by atoms with van der Waals surface area (Å²) >= 11 is 6.31. The molecule has 0 saturated heterocycles. The number of alkyl halides is 3. The molecule has 0 aliphatic carbocycles. The Balaban J connectivity index is 0.000000219. The minimum atomic E-state index is -4.92. The second-order valence-electron chi connectivity index (χ2n) is 17.1. The lowest BCUT2D eigenvalue weighted by molar-refractivity contribution is -0.274. The quantitative estimate of drug-likeness (QED) is 0.185. The molecule has 12 heteroatoms. The first-order valence-corrected chi connectivity index (χ1v) is 19.6. The van der Waals surface area contributed by atoms with Crippen molar-refractivity contribution in [2.45, 2.75) is 93.6 Å². The van der Waals surface area contributed by atoms with Gasteiger partial charge in [0.2, 0.25) is 11.8 Å². The molecule has 2 aliphatic rings. The number of carbonyl (C=O) groups excluding carboxylic acids is 2. The Morgan fingerprint density at radius 1 is 0.684 bits per heavy atom. The number of rotatable bonds is 8. The lowest BCUT2D eigenvalue weighted by Crippen LogP contribution is -2.30. The van der Waals surface area contributed by atoms with Crippen molar-refractivity contribution < 1.29 is 32.2 Å². The molecule has 4 aromatic rings. The summed E-state index contributed by atoms with van der Waals surface area (Å²) in [5.41, 5.74) is 8.01. The summed E-state index contributed by atoms with van der Waals surface area (Å²) in [5.74, 6) is -0.225. The third-order valence-electron chi connectivity index (χ3n) is 9.67. The van der Waals surface area contributed by atoms with E-state index in [0.717, 1.165) is 48.4 Å². The first-order valence-electron chi connectivity index (χ1n) is 19.2. The molecule has 0 unspecified atom stereocenters. The summed E-state index contributed by atoms with van der Waals surface area (Å²) in [7, 11) is 1.66. The van der Waals surface area contributed by atoms with Crippen molar-refractivity contribution in [1.82, 2.24) is 0 Å². The van der Waals surface area contributed by atoms with Crippen LogP contribution in [0.15, 0.2) is 72.8 Å². The van der Waals surface area contributed by atoms with Crippen molar-refractivity contribution in [3.63, 3.8) is 0 Å². The van der Waals surface area contributed by atoms with Crippen molar-refractivity contribution in [3.8, 4) is 11.5 Å². The van der Waals surface area contributed by atoms with Gasteiger partial charge in [0.15, 0.2) is 5.75 Å². The van der Waals surface area contributed by atoms with E-state index in [0.29, 0.717) is 30.9 Å². The Bertz CT molecular complexity index is 2070. The second-order valence-corrected chi connectivity index (χ2v) is 17.5. The van der Waals surface area contributed by atoms with Crippen LogP contribution < -0.4 is 29.9 Å². The van der Waals surface area contributed by atoms with Gasteiger partial charge in [-0.2, -0.15) is 0 Å². The van der Waals surface area contributed by atoms with Gasteiger partial charge in [-0.05, 0) is 70.5 Å². The number of fused-ring (bicyclic) bond motifs is 2. The van der Waals surface area contributed by atoms with Gasteiger partial charge in [-0.15, -0.1) is 13.2 Å². The summed E-state index contributed by atoms with van der Waals surface area (Å²) in [6.07, 6.45) is -2.51. The van der Waals surface area contributed by atoms with E-state index in [9.17, 15) is 22.8 Å².